The van der Waals surface area contributed by atoms with Crippen LogP contribution in [0.15, 0.2) is 69.9 Å². The number of thiazole rings is 1. The van der Waals surface area contributed by atoms with Crippen molar-refractivity contribution in [2.45, 2.75) is 0 Å². The maximum Gasteiger partial charge on any atom is 0.265 e. The summed E-state index contributed by atoms with van der Waals surface area (Å²) in [5.74, 6) is -0.984. The number of fused-ring (bicyclic) bond motifs is 1. The molecule has 4 aromatic rings. The van der Waals surface area contributed by atoms with Crippen LogP contribution in [0.1, 0.15) is 5.56 Å². The molecule has 0 aliphatic rings. The predicted octanol–water partition coefficient (Wildman–Crippen LogP) is 4.04. The van der Waals surface area contributed by atoms with E-state index in [-0.39, 0.29) is 11.6 Å². The molecule has 0 bridgehead atoms. The molecule has 0 saturated heterocycles. The van der Waals surface area contributed by atoms with Crippen LogP contribution in [0.3, 0.4) is 0 Å². The fourth-order valence-corrected chi connectivity index (χ4v) is 3.22. The van der Waals surface area contributed by atoms with E-state index in [0.29, 0.717) is 21.5 Å². The second-order valence-corrected chi connectivity index (χ2v) is 6.32. The molecule has 0 aliphatic heterocycles. The number of aromatic nitrogens is 2. The Bertz CT molecular complexity index is 1180. The van der Waals surface area contributed by atoms with E-state index in [1.807, 2.05) is 0 Å². The highest BCUT2D eigenvalue weighted by Gasteiger charge is 2.18. The van der Waals surface area contributed by atoms with E-state index in [1.54, 1.807) is 41.9 Å². The summed E-state index contributed by atoms with van der Waals surface area (Å²) in [7, 11) is 0. The summed E-state index contributed by atoms with van der Waals surface area (Å²) in [4.78, 5) is 21.2. The van der Waals surface area contributed by atoms with Gasteiger partial charge in [0.2, 0.25) is 11.0 Å². The average molecular weight is 365 g/mol. The van der Waals surface area contributed by atoms with Crippen LogP contribution in [0, 0.1) is 5.82 Å². The molecule has 0 unspecified atom stereocenters. The van der Waals surface area contributed by atoms with Gasteiger partial charge in [0.05, 0.1) is 11.3 Å². The van der Waals surface area contributed by atoms with Crippen LogP contribution < -0.4 is 5.56 Å². The average Bonchev–Trinajstić information content (AvgIpc) is 3.17. The minimum Gasteiger partial charge on any atom is -0.494 e. The highest BCUT2D eigenvalue weighted by atomic mass is 32.1. The van der Waals surface area contributed by atoms with E-state index in [2.05, 4.69) is 9.98 Å². The van der Waals surface area contributed by atoms with Gasteiger partial charge in [-0.15, -0.1) is 11.3 Å². The van der Waals surface area contributed by atoms with E-state index in [9.17, 15) is 14.3 Å². The number of aliphatic imine (C=N–C) groups is 1. The molecule has 2 aromatic carbocycles. The van der Waals surface area contributed by atoms with Gasteiger partial charge >= 0.3 is 0 Å². The Kier molecular flexibility index (Phi) is 4.06. The van der Waals surface area contributed by atoms with Crippen molar-refractivity contribution in [3.05, 3.63) is 81.8 Å². The lowest BCUT2D eigenvalue weighted by Gasteiger charge is -2.14. The standard InChI is InChI=1S/C19H12FN3O2S/c20-15-7-3-4-8-16(15)23-17(24)13-6-2-1-5-12(13)14(18(23)25)11-22-19-21-9-10-26-19/h1-11,25H/b22-11+. The molecule has 26 heavy (non-hydrogen) atoms. The summed E-state index contributed by atoms with van der Waals surface area (Å²) in [6.07, 6.45) is 3.06. The molecule has 0 saturated carbocycles. The van der Waals surface area contributed by atoms with Crippen LogP contribution in [0.2, 0.25) is 0 Å². The number of halogens is 1. The molecular formula is C19H12FN3O2S. The predicted molar refractivity (Wildman–Crippen MR) is 101 cm³/mol. The third-order valence-electron chi connectivity index (χ3n) is 3.92. The van der Waals surface area contributed by atoms with Gasteiger partial charge in [0.15, 0.2) is 0 Å². The fourth-order valence-electron chi connectivity index (χ4n) is 2.75. The van der Waals surface area contributed by atoms with Gasteiger partial charge in [-0.25, -0.2) is 18.9 Å². The SMILES string of the molecule is O=c1c2ccccc2c(/C=N/c2nccs2)c(O)n1-c1ccccc1F. The van der Waals surface area contributed by atoms with Gasteiger partial charge in [-0.1, -0.05) is 30.3 Å². The van der Waals surface area contributed by atoms with Crippen LogP contribution in [-0.2, 0) is 0 Å². The van der Waals surface area contributed by atoms with E-state index in [1.165, 1.54) is 35.8 Å². The zero-order valence-electron chi connectivity index (χ0n) is 13.3. The van der Waals surface area contributed by atoms with Crippen LogP contribution in [0.4, 0.5) is 9.52 Å². The van der Waals surface area contributed by atoms with Gasteiger partial charge in [0.25, 0.3) is 5.56 Å². The van der Waals surface area contributed by atoms with E-state index in [4.69, 9.17) is 0 Å². The first-order valence-electron chi connectivity index (χ1n) is 7.72. The number of hydrogen-bond acceptors (Lipinski definition) is 5. The second kappa shape index (κ2) is 6.53. The molecule has 0 radical (unpaired) electrons. The number of rotatable bonds is 3. The summed E-state index contributed by atoms with van der Waals surface area (Å²) in [6, 6.07) is 12.6. The highest BCUT2D eigenvalue weighted by Crippen LogP contribution is 2.27. The minimum atomic E-state index is -0.608. The lowest BCUT2D eigenvalue weighted by atomic mass is 10.1. The zero-order chi connectivity index (χ0) is 18.1. The molecule has 0 fully saturated rings. The van der Waals surface area contributed by atoms with Crippen molar-refractivity contribution >= 4 is 33.5 Å². The topological polar surface area (TPSA) is 67.5 Å². The van der Waals surface area contributed by atoms with Crippen LogP contribution in [0.25, 0.3) is 16.5 Å². The fraction of sp³-hybridized carbons (Fsp3) is 0. The van der Waals surface area contributed by atoms with Crippen LogP contribution >= 0.6 is 11.3 Å². The first-order valence-corrected chi connectivity index (χ1v) is 8.60. The molecule has 5 nitrogen and oxygen atoms in total. The van der Waals surface area contributed by atoms with Crippen LogP contribution in [-0.4, -0.2) is 20.9 Å². The quantitative estimate of drug-likeness (QED) is 0.557. The Balaban J connectivity index is 2.05. The van der Waals surface area contributed by atoms with Crippen LogP contribution in [0.5, 0.6) is 5.88 Å². The first-order chi connectivity index (χ1) is 12.7. The van der Waals surface area contributed by atoms with Gasteiger partial charge in [-0.2, -0.15) is 0 Å². The number of aromatic hydroxyl groups is 1. The van der Waals surface area contributed by atoms with Gasteiger partial charge in [0.1, 0.15) is 5.82 Å². The maximum atomic E-state index is 14.3. The van der Waals surface area contributed by atoms with E-state index >= 15 is 0 Å². The molecule has 7 heteroatoms. The summed E-state index contributed by atoms with van der Waals surface area (Å²) in [5, 5.41) is 13.9. The molecule has 2 aromatic heterocycles. The Hall–Kier alpha value is -3.32. The van der Waals surface area contributed by atoms with Crippen molar-refractivity contribution in [1.29, 1.82) is 0 Å². The molecule has 0 spiro atoms. The van der Waals surface area contributed by atoms with Gasteiger partial charge in [-0.05, 0) is 18.2 Å². The third-order valence-corrected chi connectivity index (χ3v) is 4.60. The molecule has 2 heterocycles. The number of hydrogen-bond donors (Lipinski definition) is 1. The van der Waals surface area contributed by atoms with Crippen molar-refractivity contribution in [1.82, 2.24) is 9.55 Å². The Morgan fingerprint density at radius 2 is 1.85 bits per heavy atom. The number of nitrogens with zero attached hydrogens (tertiary/aromatic N) is 3. The molecule has 0 aliphatic carbocycles. The highest BCUT2D eigenvalue weighted by molar-refractivity contribution is 7.13. The normalized spacial score (nSPS) is 11.4. The zero-order valence-corrected chi connectivity index (χ0v) is 14.2. The number of pyridine rings is 1. The molecule has 128 valence electrons. The molecular weight excluding hydrogens is 353 g/mol. The lowest BCUT2D eigenvalue weighted by molar-refractivity contribution is 0.433. The molecule has 0 atom stereocenters. The lowest BCUT2D eigenvalue weighted by Crippen LogP contribution is -2.21. The summed E-state index contributed by atoms with van der Waals surface area (Å²) in [5.41, 5.74) is -0.210. The van der Waals surface area contributed by atoms with Gasteiger partial charge in [-0.3, -0.25) is 4.79 Å². The largest absolute Gasteiger partial charge is 0.494 e. The molecule has 1 N–H and O–H groups in total. The summed E-state index contributed by atoms with van der Waals surface area (Å²) >= 11 is 1.34. The van der Waals surface area contributed by atoms with Crippen molar-refractivity contribution in [3.63, 3.8) is 0 Å². The smallest absolute Gasteiger partial charge is 0.265 e. The Labute approximate surface area is 151 Å². The van der Waals surface area contributed by atoms with Gasteiger partial charge < -0.3 is 5.11 Å². The minimum absolute atomic E-state index is 0.0235. The maximum absolute atomic E-state index is 14.3. The van der Waals surface area contributed by atoms with Crippen molar-refractivity contribution in [2.24, 2.45) is 4.99 Å². The van der Waals surface area contributed by atoms with Crippen molar-refractivity contribution < 1.29 is 9.50 Å². The molecule has 4 rings (SSSR count). The third kappa shape index (κ3) is 2.68. The summed E-state index contributed by atoms with van der Waals surface area (Å²) in [6.45, 7) is 0. The number of benzene rings is 2. The Morgan fingerprint density at radius 3 is 2.58 bits per heavy atom. The monoisotopic (exact) mass is 365 g/mol. The van der Waals surface area contributed by atoms with Gasteiger partial charge in [0, 0.05) is 28.6 Å². The van der Waals surface area contributed by atoms with E-state index < -0.39 is 11.4 Å². The van der Waals surface area contributed by atoms with Crippen molar-refractivity contribution in [2.75, 3.05) is 0 Å². The van der Waals surface area contributed by atoms with Crippen molar-refractivity contribution in [3.8, 4) is 11.6 Å². The van der Waals surface area contributed by atoms with E-state index in [0.717, 1.165) is 4.57 Å². The Morgan fingerprint density at radius 1 is 1.12 bits per heavy atom. The second-order valence-electron chi connectivity index (χ2n) is 5.45. The first kappa shape index (κ1) is 16.2. The summed E-state index contributed by atoms with van der Waals surface area (Å²) < 4.78 is 15.2. The molecule has 0 amide bonds. The number of para-hydroxylation sites is 1.